The van der Waals surface area contributed by atoms with E-state index in [2.05, 4.69) is 50.6 Å². The summed E-state index contributed by atoms with van der Waals surface area (Å²) in [6.07, 6.45) is 7.29. The maximum atomic E-state index is 12.4. The van der Waals surface area contributed by atoms with Crippen LogP contribution < -0.4 is 5.32 Å². The molecule has 1 amide bonds. The van der Waals surface area contributed by atoms with Crippen molar-refractivity contribution >= 4 is 22.5 Å². The quantitative estimate of drug-likeness (QED) is 0.768. The molecule has 3 aromatic rings. The number of nitrogens with one attached hydrogen (secondary N) is 2. The third kappa shape index (κ3) is 3.56. The van der Waals surface area contributed by atoms with Crippen LogP contribution in [0.25, 0.3) is 10.9 Å². The predicted octanol–water partition coefficient (Wildman–Crippen LogP) is 3.41. The predicted molar refractivity (Wildman–Crippen MR) is 99.2 cm³/mol. The molecule has 1 saturated heterocycles. The van der Waals surface area contributed by atoms with Crippen LogP contribution in [0.2, 0.25) is 0 Å². The monoisotopic (exact) mass is 334 g/mol. The van der Waals surface area contributed by atoms with Crippen molar-refractivity contribution in [3.63, 3.8) is 0 Å². The van der Waals surface area contributed by atoms with Gasteiger partial charge in [0.15, 0.2) is 0 Å². The Labute approximate surface area is 147 Å². The van der Waals surface area contributed by atoms with Gasteiger partial charge in [0.05, 0.1) is 11.9 Å². The van der Waals surface area contributed by atoms with Crippen molar-refractivity contribution in [3.05, 3.63) is 60.6 Å². The Hall–Kier alpha value is -2.66. The highest BCUT2D eigenvalue weighted by Gasteiger charge is 2.25. The van der Waals surface area contributed by atoms with E-state index >= 15 is 0 Å². The van der Waals surface area contributed by atoms with Crippen LogP contribution in [-0.2, 0) is 11.3 Å². The Morgan fingerprint density at radius 3 is 2.84 bits per heavy atom. The fourth-order valence-electron chi connectivity index (χ4n) is 3.54. The highest BCUT2D eigenvalue weighted by atomic mass is 16.1. The van der Waals surface area contributed by atoms with Crippen molar-refractivity contribution in [2.45, 2.75) is 19.4 Å². The molecular formula is C20H22N4O. The van der Waals surface area contributed by atoms with E-state index in [1.54, 1.807) is 12.4 Å². The van der Waals surface area contributed by atoms with Crippen molar-refractivity contribution < 1.29 is 4.79 Å². The summed E-state index contributed by atoms with van der Waals surface area (Å²) in [5.41, 5.74) is 3.28. The summed E-state index contributed by atoms with van der Waals surface area (Å²) < 4.78 is 0. The lowest BCUT2D eigenvalue weighted by molar-refractivity contribution is -0.121. The Balaban J connectivity index is 1.33. The Bertz CT molecular complexity index is 850. The fraction of sp³-hybridized carbons (Fsp3) is 0.300. The molecule has 2 N–H and O–H groups in total. The topological polar surface area (TPSA) is 61.0 Å². The van der Waals surface area contributed by atoms with Crippen LogP contribution >= 0.6 is 0 Å². The average molecular weight is 334 g/mol. The van der Waals surface area contributed by atoms with Crippen molar-refractivity contribution in [3.8, 4) is 0 Å². The average Bonchev–Trinajstić information content (AvgIpc) is 3.06. The van der Waals surface area contributed by atoms with Gasteiger partial charge in [-0.15, -0.1) is 0 Å². The molecule has 25 heavy (non-hydrogen) atoms. The second-order valence-electron chi connectivity index (χ2n) is 6.64. The van der Waals surface area contributed by atoms with Crippen molar-refractivity contribution in [2.24, 2.45) is 5.92 Å². The molecule has 0 unspecified atom stereocenters. The maximum Gasteiger partial charge on any atom is 0.227 e. The van der Waals surface area contributed by atoms with E-state index in [9.17, 15) is 4.79 Å². The molecule has 0 aliphatic carbocycles. The zero-order valence-corrected chi connectivity index (χ0v) is 14.1. The van der Waals surface area contributed by atoms with Gasteiger partial charge in [-0.2, -0.15) is 0 Å². The lowest BCUT2D eigenvalue weighted by atomic mass is 9.95. The molecule has 5 heteroatoms. The number of fused-ring (bicyclic) bond motifs is 1. The molecule has 0 bridgehead atoms. The SMILES string of the molecule is O=C(Nc1cccnc1)C1CCN(Cc2c[nH]c3ccccc23)CC1. The number of aromatic nitrogens is 2. The van der Waals surface area contributed by atoms with Gasteiger partial charge in [0.2, 0.25) is 5.91 Å². The van der Waals surface area contributed by atoms with E-state index in [-0.39, 0.29) is 11.8 Å². The van der Waals surface area contributed by atoms with E-state index in [0.29, 0.717) is 0 Å². The number of rotatable bonds is 4. The van der Waals surface area contributed by atoms with E-state index < -0.39 is 0 Å². The van der Waals surface area contributed by atoms with Gasteiger partial charge >= 0.3 is 0 Å². The Morgan fingerprint density at radius 1 is 1.20 bits per heavy atom. The standard InChI is InChI=1S/C20H22N4O/c25-20(23-17-4-3-9-21-13-17)15-7-10-24(11-8-15)14-16-12-22-19-6-2-1-5-18(16)19/h1-6,9,12-13,15,22H,7-8,10-11,14H2,(H,23,25). The van der Waals surface area contributed by atoms with Crippen LogP contribution in [0.5, 0.6) is 0 Å². The molecule has 1 aliphatic rings. The second kappa shape index (κ2) is 7.07. The first-order valence-electron chi connectivity index (χ1n) is 8.78. The summed E-state index contributed by atoms with van der Waals surface area (Å²) in [5.74, 6) is 0.194. The number of hydrogen-bond acceptors (Lipinski definition) is 3. The third-order valence-electron chi connectivity index (χ3n) is 4.96. The van der Waals surface area contributed by atoms with Crippen molar-refractivity contribution in [2.75, 3.05) is 18.4 Å². The first-order chi connectivity index (χ1) is 12.3. The van der Waals surface area contributed by atoms with Gasteiger partial charge in [0.1, 0.15) is 0 Å². The number of carbonyl (C=O) groups is 1. The minimum atomic E-state index is 0.0828. The minimum Gasteiger partial charge on any atom is -0.361 e. The molecule has 3 heterocycles. The highest BCUT2D eigenvalue weighted by molar-refractivity contribution is 5.92. The fourth-order valence-corrected chi connectivity index (χ4v) is 3.54. The number of amides is 1. The molecule has 1 aromatic carbocycles. The lowest BCUT2D eigenvalue weighted by Gasteiger charge is -2.31. The van der Waals surface area contributed by atoms with Gasteiger partial charge in [-0.1, -0.05) is 18.2 Å². The summed E-state index contributed by atoms with van der Waals surface area (Å²) in [7, 11) is 0. The smallest absolute Gasteiger partial charge is 0.227 e. The van der Waals surface area contributed by atoms with Gasteiger partial charge in [0.25, 0.3) is 0 Å². The molecular weight excluding hydrogens is 312 g/mol. The van der Waals surface area contributed by atoms with Gasteiger partial charge in [-0.3, -0.25) is 14.7 Å². The normalized spacial score (nSPS) is 16.2. The largest absolute Gasteiger partial charge is 0.361 e. The number of anilines is 1. The first-order valence-corrected chi connectivity index (χ1v) is 8.78. The maximum absolute atomic E-state index is 12.4. The number of H-pyrrole nitrogens is 1. The number of aromatic amines is 1. The van der Waals surface area contributed by atoms with Crippen LogP contribution in [0.3, 0.4) is 0 Å². The number of carbonyl (C=O) groups excluding carboxylic acids is 1. The number of likely N-dealkylation sites (tertiary alicyclic amines) is 1. The van der Waals surface area contributed by atoms with Crippen LogP contribution in [0, 0.1) is 5.92 Å². The summed E-state index contributed by atoms with van der Waals surface area (Å²) in [6.45, 7) is 2.83. The molecule has 128 valence electrons. The summed E-state index contributed by atoms with van der Waals surface area (Å²) in [5, 5.41) is 4.26. The number of hydrogen-bond donors (Lipinski definition) is 2. The van der Waals surface area contributed by atoms with E-state index in [1.807, 2.05) is 12.1 Å². The summed E-state index contributed by atoms with van der Waals surface area (Å²) in [4.78, 5) is 22.2. The van der Waals surface area contributed by atoms with E-state index in [0.717, 1.165) is 38.2 Å². The molecule has 0 atom stereocenters. The molecule has 1 aliphatic heterocycles. The summed E-state index contributed by atoms with van der Waals surface area (Å²) in [6, 6.07) is 12.1. The number of pyridine rings is 1. The molecule has 0 spiro atoms. The number of piperidine rings is 1. The highest BCUT2D eigenvalue weighted by Crippen LogP contribution is 2.24. The molecule has 0 saturated carbocycles. The van der Waals surface area contributed by atoms with Crippen LogP contribution in [0.4, 0.5) is 5.69 Å². The number of benzene rings is 1. The Kier molecular flexibility index (Phi) is 4.48. The van der Waals surface area contributed by atoms with Crippen LogP contribution in [-0.4, -0.2) is 33.9 Å². The molecule has 1 fully saturated rings. The van der Waals surface area contributed by atoms with Gasteiger partial charge in [0, 0.05) is 35.8 Å². The van der Waals surface area contributed by atoms with E-state index in [4.69, 9.17) is 0 Å². The van der Waals surface area contributed by atoms with Crippen LogP contribution in [0.15, 0.2) is 55.0 Å². The van der Waals surface area contributed by atoms with Crippen molar-refractivity contribution in [1.82, 2.24) is 14.9 Å². The second-order valence-corrected chi connectivity index (χ2v) is 6.64. The number of nitrogens with zero attached hydrogens (tertiary/aromatic N) is 2. The van der Waals surface area contributed by atoms with Gasteiger partial charge in [-0.25, -0.2) is 0 Å². The van der Waals surface area contributed by atoms with Gasteiger partial charge < -0.3 is 10.3 Å². The molecule has 0 radical (unpaired) electrons. The zero-order valence-electron chi connectivity index (χ0n) is 14.1. The molecule has 4 rings (SSSR count). The van der Waals surface area contributed by atoms with Gasteiger partial charge in [-0.05, 0) is 49.7 Å². The zero-order chi connectivity index (χ0) is 17.1. The van der Waals surface area contributed by atoms with E-state index in [1.165, 1.54) is 16.5 Å². The molecule has 5 nitrogen and oxygen atoms in total. The lowest BCUT2D eigenvalue weighted by Crippen LogP contribution is -2.37. The summed E-state index contributed by atoms with van der Waals surface area (Å²) >= 11 is 0. The Morgan fingerprint density at radius 2 is 2.04 bits per heavy atom. The van der Waals surface area contributed by atoms with Crippen molar-refractivity contribution in [1.29, 1.82) is 0 Å². The molecule has 2 aromatic heterocycles. The first kappa shape index (κ1) is 15.8. The van der Waals surface area contributed by atoms with Crippen LogP contribution in [0.1, 0.15) is 18.4 Å². The minimum absolute atomic E-state index is 0.0828. The number of para-hydroxylation sites is 1. The third-order valence-corrected chi connectivity index (χ3v) is 4.96.